The quantitative estimate of drug-likeness (QED) is 0.409. The molecule has 0 saturated carbocycles. The van der Waals surface area contributed by atoms with E-state index in [0.29, 0.717) is 6.54 Å². The highest BCUT2D eigenvalue weighted by molar-refractivity contribution is 14.1. The molecule has 100 valence electrons. The van der Waals surface area contributed by atoms with Crippen LogP contribution in [0.25, 0.3) is 0 Å². The van der Waals surface area contributed by atoms with Crippen LogP contribution in [0.2, 0.25) is 0 Å². The predicted octanol–water partition coefficient (Wildman–Crippen LogP) is 4.77. The number of hydrogen-bond donors (Lipinski definition) is 1. The fourth-order valence-corrected chi connectivity index (χ4v) is 3.33. The Balaban J connectivity index is 2.23. The maximum absolute atomic E-state index is 13.5. The minimum absolute atomic E-state index is 0.124. The fourth-order valence-electron chi connectivity index (χ4n) is 1.46. The lowest BCUT2D eigenvalue weighted by molar-refractivity contribution is -0.384. The summed E-state index contributed by atoms with van der Waals surface area (Å²) in [5.74, 6) is -0.471. The van der Waals surface area contributed by atoms with Crippen LogP contribution >= 0.6 is 49.9 Å². The molecule has 0 radical (unpaired) electrons. The molecule has 1 heterocycles. The van der Waals surface area contributed by atoms with E-state index in [1.807, 2.05) is 12.1 Å². The van der Waals surface area contributed by atoms with E-state index in [2.05, 4.69) is 21.2 Å². The van der Waals surface area contributed by atoms with Gasteiger partial charge in [-0.05, 0) is 50.7 Å². The molecule has 0 spiro atoms. The van der Waals surface area contributed by atoms with Crippen LogP contribution in [0, 0.1) is 19.5 Å². The summed E-state index contributed by atoms with van der Waals surface area (Å²) < 4.78 is 14.7. The molecule has 0 unspecified atom stereocenters. The van der Waals surface area contributed by atoms with Crippen LogP contribution in [0.1, 0.15) is 4.88 Å². The van der Waals surface area contributed by atoms with Crippen LogP contribution in [-0.2, 0) is 6.54 Å². The van der Waals surface area contributed by atoms with Crippen molar-refractivity contribution >= 4 is 61.2 Å². The maximum atomic E-state index is 13.5. The van der Waals surface area contributed by atoms with E-state index in [1.165, 1.54) is 17.4 Å². The van der Waals surface area contributed by atoms with Gasteiger partial charge in [-0.15, -0.1) is 11.3 Å². The summed E-state index contributed by atoms with van der Waals surface area (Å²) in [5.41, 5.74) is 0.0638. The van der Waals surface area contributed by atoms with Gasteiger partial charge in [0.1, 0.15) is 11.5 Å². The van der Waals surface area contributed by atoms with Gasteiger partial charge in [0.05, 0.1) is 12.3 Å². The van der Waals surface area contributed by atoms with E-state index < -0.39 is 10.7 Å². The summed E-state index contributed by atoms with van der Waals surface area (Å²) in [6, 6.07) is 6.17. The summed E-state index contributed by atoms with van der Waals surface area (Å²) >= 11 is 6.59. The molecule has 0 bridgehead atoms. The second-order valence-electron chi connectivity index (χ2n) is 3.60. The number of thiophene rings is 1. The van der Waals surface area contributed by atoms with Crippen LogP contribution in [0.5, 0.6) is 0 Å². The predicted molar refractivity (Wildman–Crippen MR) is 85.1 cm³/mol. The van der Waals surface area contributed by atoms with Gasteiger partial charge in [0.15, 0.2) is 0 Å². The van der Waals surface area contributed by atoms with Crippen molar-refractivity contribution in [2.45, 2.75) is 6.54 Å². The number of rotatable bonds is 4. The van der Waals surface area contributed by atoms with Gasteiger partial charge < -0.3 is 5.32 Å². The minimum Gasteiger partial charge on any atom is -0.375 e. The van der Waals surface area contributed by atoms with Crippen molar-refractivity contribution in [3.05, 3.63) is 52.4 Å². The molecule has 2 aromatic rings. The Morgan fingerprint density at radius 1 is 1.47 bits per heavy atom. The van der Waals surface area contributed by atoms with Crippen molar-refractivity contribution in [3.63, 3.8) is 0 Å². The van der Waals surface area contributed by atoms with Crippen molar-refractivity contribution in [2.75, 3.05) is 5.32 Å². The topological polar surface area (TPSA) is 55.2 Å². The number of benzene rings is 1. The lowest BCUT2D eigenvalue weighted by Gasteiger charge is -2.07. The number of halogens is 3. The van der Waals surface area contributed by atoms with Crippen molar-refractivity contribution in [1.29, 1.82) is 0 Å². The standard InChI is InChI=1S/C11H7BrFIN2O2S/c12-11-2-1-6(19-11)5-15-9-3-7(13)8(14)4-10(9)16(17)18/h1-4,15H,5H2. The van der Waals surface area contributed by atoms with E-state index in [0.717, 1.165) is 14.7 Å². The Morgan fingerprint density at radius 2 is 2.21 bits per heavy atom. The van der Waals surface area contributed by atoms with Crippen LogP contribution in [0.4, 0.5) is 15.8 Å². The smallest absolute Gasteiger partial charge is 0.293 e. The molecule has 0 saturated heterocycles. The van der Waals surface area contributed by atoms with Gasteiger partial charge in [-0.2, -0.15) is 0 Å². The lowest BCUT2D eigenvalue weighted by Crippen LogP contribution is -2.03. The monoisotopic (exact) mass is 456 g/mol. The molecule has 0 amide bonds. The largest absolute Gasteiger partial charge is 0.375 e. The van der Waals surface area contributed by atoms with E-state index in [4.69, 9.17) is 0 Å². The summed E-state index contributed by atoms with van der Waals surface area (Å²) in [4.78, 5) is 11.4. The SMILES string of the molecule is O=[N+]([O-])c1cc(I)c(F)cc1NCc1ccc(Br)s1. The Bertz CT molecular complexity index is 635. The van der Waals surface area contributed by atoms with Gasteiger partial charge in [-0.25, -0.2) is 4.39 Å². The average molecular weight is 457 g/mol. The zero-order valence-corrected chi connectivity index (χ0v) is 13.9. The van der Waals surface area contributed by atoms with Crippen LogP contribution in [0.3, 0.4) is 0 Å². The third-order valence-electron chi connectivity index (χ3n) is 2.32. The van der Waals surface area contributed by atoms with Crippen LogP contribution in [0.15, 0.2) is 28.1 Å². The zero-order valence-electron chi connectivity index (χ0n) is 9.32. The first kappa shape index (κ1) is 14.7. The number of nitro benzene ring substituents is 1. The Hall–Kier alpha value is -0.740. The van der Waals surface area contributed by atoms with E-state index in [1.54, 1.807) is 22.6 Å². The second-order valence-corrected chi connectivity index (χ2v) is 7.31. The maximum Gasteiger partial charge on any atom is 0.293 e. The van der Waals surface area contributed by atoms with Gasteiger partial charge in [0, 0.05) is 23.6 Å². The number of nitrogens with one attached hydrogen (secondary N) is 1. The van der Waals surface area contributed by atoms with Gasteiger partial charge in [0.2, 0.25) is 0 Å². The van der Waals surface area contributed by atoms with E-state index >= 15 is 0 Å². The molecular weight excluding hydrogens is 450 g/mol. The summed E-state index contributed by atoms with van der Waals surface area (Å²) in [7, 11) is 0. The molecule has 0 aliphatic rings. The number of hydrogen-bond acceptors (Lipinski definition) is 4. The Labute approximate surface area is 134 Å². The molecule has 2 rings (SSSR count). The molecule has 0 aliphatic carbocycles. The molecule has 19 heavy (non-hydrogen) atoms. The fraction of sp³-hybridized carbons (Fsp3) is 0.0909. The van der Waals surface area contributed by atoms with Crippen LogP contribution < -0.4 is 5.32 Å². The molecule has 1 aromatic carbocycles. The molecule has 0 aliphatic heterocycles. The highest BCUT2D eigenvalue weighted by atomic mass is 127. The molecular formula is C11H7BrFIN2O2S. The first-order valence-corrected chi connectivity index (χ1v) is 7.77. The second kappa shape index (κ2) is 6.14. The third kappa shape index (κ3) is 3.63. The van der Waals surface area contributed by atoms with Crippen molar-refractivity contribution in [3.8, 4) is 0 Å². The van der Waals surface area contributed by atoms with E-state index in [-0.39, 0.29) is 14.9 Å². The zero-order chi connectivity index (χ0) is 14.0. The molecule has 1 N–H and O–H groups in total. The summed E-state index contributed by atoms with van der Waals surface area (Å²) in [5, 5.41) is 13.8. The van der Waals surface area contributed by atoms with Crippen molar-refractivity contribution in [1.82, 2.24) is 0 Å². The van der Waals surface area contributed by atoms with Gasteiger partial charge in [-0.1, -0.05) is 0 Å². The highest BCUT2D eigenvalue weighted by Gasteiger charge is 2.17. The summed E-state index contributed by atoms with van der Waals surface area (Å²) in [6.07, 6.45) is 0. The Kier molecular flexibility index (Phi) is 4.74. The molecule has 0 fully saturated rings. The highest BCUT2D eigenvalue weighted by Crippen LogP contribution is 2.30. The third-order valence-corrected chi connectivity index (χ3v) is 4.77. The average Bonchev–Trinajstić information content (AvgIpc) is 2.76. The van der Waals surface area contributed by atoms with Crippen molar-refractivity contribution < 1.29 is 9.31 Å². The van der Waals surface area contributed by atoms with Crippen molar-refractivity contribution in [2.24, 2.45) is 0 Å². The molecule has 4 nitrogen and oxygen atoms in total. The van der Waals surface area contributed by atoms with Gasteiger partial charge >= 0.3 is 0 Å². The minimum atomic E-state index is -0.520. The summed E-state index contributed by atoms with van der Waals surface area (Å²) in [6.45, 7) is 0.414. The first-order valence-electron chi connectivity index (χ1n) is 5.09. The number of nitro groups is 1. The molecule has 8 heteroatoms. The van der Waals surface area contributed by atoms with E-state index in [9.17, 15) is 14.5 Å². The van der Waals surface area contributed by atoms with Gasteiger partial charge in [-0.3, -0.25) is 10.1 Å². The van der Waals surface area contributed by atoms with Crippen LogP contribution in [-0.4, -0.2) is 4.92 Å². The number of nitrogens with zero attached hydrogens (tertiary/aromatic N) is 1. The number of anilines is 1. The lowest BCUT2D eigenvalue weighted by atomic mass is 10.2. The Morgan fingerprint density at radius 3 is 2.79 bits per heavy atom. The first-order chi connectivity index (χ1) is 8.97. The normalized spacial score (nSPS) is 10.5. The molecule has 1 aromatic heterocycles. The van der Waals surface area contributed by atoms with Gasteiger partial charge in [0.25, 0.3) is 5.69 Å². The molecule has 0 atom stereocenters.